The van der Waals surface area contributed by atoms with Gasteiger partial charge in [-0.1, -0.05) is 73.6 Å². The highest BCUT2D eigenvalue weighted by Crippen LogP contribution is 2.73. The van der Waals surface area contributed by atoms with Crippen molar-refractivity contribution in [2.24, 2.45) is 51.8 Å². The van der Waals surface area contributed by atoms with Gasteiger partial charge in [0.25, 0.3) is 0 Å². The van der Waals surface area contributed by atoms with Crippen LogP contribution in [0.25, 0.3) is 0 Å². The Morgan fingerprint density at radius 1 is 0.714 bits per heavy atom. The average Bonchev–Trinajstić information content (AvgIpc) is 2.99. The molecule has 4 aliphatic rings. The van der Waals surface area contributed by atoms with Crippen molar-refractivity contribution in [1.29, 1.82) is 0 Å². The molecular formula is C28H50. The molecule has 0 radical (unpaired) electrons. The molecule has 0 spiro atoms. The third-order valence-corrected chi connectivity index (χ3v) is 11.6. The van der Waals surface area contributed by atoms with E-state index in [1.807, 2.05) is 0 Å². The molecule has 162 valence electrons. The van der Waals surface area contributed by atoms with E-state index in [9.17, 15) is 0 Å². The molecule has 4 saturated carbocycles. The van der Waals surface area contributed by atoms with Crippen LogP contribution in [-0.2, 0) is 0 Å². The van der Waals surface area contributed by atoms with Crippen LogP contribution in [-0.4, -0.2) is 0 Å². The molecule has 0 bridgehead atoms. The minimum atomic E-state index is 0.635. The zero-order chi connectivity index (χ0) is 20.2. The highest BCUT2D eigenvalue weighted by Gasteiger charge is 2.64. The predicted molar refractivity (Wildman–Crippen MR) is 122 cm³/mol. The van der Waals surface area contributed by atoms with Crippen molar-refractivity contribution in [3.05, 3.63) is 0 Å². The average molecular weight is 387 g/mol. The van der Waals surface area contributed by atoms with Gasteiger partial charge in [0.05, 0.1) is 0 Å². The van der Waals surface area contributed by atoms with Gasteiger partial charge in [-0.05, 0) is 103 Å². The molecule has 0 nitrogen and oxygen atoms in total. The summed E-state index contributed by atoms with van der Waals surface area (Å²) in [4.78, 5) is 0. The van der Waals surface area contributed by atoms with E-state index in [2.05, 4.69) is 41.5 Å². The standard InChI is InChI=1S/C28H50/c1-20(2)10-9-11-21(3)23-15-16-24-25-14-13-22-12-7-8-17-27(22,5)28(25,6)19-18-26(23,24)4/h20-25H,7-19H2,1-6H3/t21-,22?,23-,24+,25+,26-,27+,28+/m1/s1. The predicted octanol–water partition coefficient (Wildman–Crippen LogP) is 8.89. The molecule has 4 rings (SSSR count). The second-order valence-corrected chi connectivity index (χ2v) is 13.1. The Morgan fingerprint density at radius 3 is 2.21 bits per heavy atom. The lowest BCUT2D eigenvalue weighted by Gasteiger charge is -2.66. The molecule has 8 atom stereocenters. The van der Waals surface area contributed by atoms with Gasteiger partial charge in [-0.3, -0.25) is 0 Å². The summed E-state index contributed by atoms with van der Waals surface area (Å²) in [6.45, 7) is 15.7. The van der Waals surface area contributed by atoms with E-state index in [4.69, 9.17) is 0 Å². The Kier molecular flexibility index (Phi) is 5.77. The zero-order valence-electron chi connectivity index (χ0n) is 20.2. The van der Waals surface area contributed by atoms with Gasteiger partial charge in [0.1, 0.15) is 0 Å². The molecular weight excluding hydrogens is 336 g/mol. The van der Waals surface area contributed by atoms with Crippen LogP contribution in [0.1, 0.15) is 125 Å². The lowest BCUT2D eigenvalue weighted by atomic mass is 9.38. The van der Waals surface area contributed by atoms with E-state index in [1.54, 1.807) is 19.3 Å². The molecule has 0 aliphatic heterocycles. The third-order valence-electron chi connectivity index (χ3n) is 11.6. The molecule has 0 amide bonds. The molecule has 0 heteroatoms. The minimum Gasteiger partial charge on any atom is -0.0628 e. The summed E-state index contributed by atoms with van der Waals surface area (Å²) in [5.74, 6) is 5.92. The van der Waals surface area contributed by atoms with Gasteiger partial charge in [-0.2, -0.15) is 0 Å². The molecule has 1 unspecified atom stereocenters. The number of fused-ring (bicyclic) bond motifs is 5. The summed E-state index contributed by atoms with van der Waals surface area (Å²) in [5.41, 5.74) is 1.94. The molecule has 0 aromatic rings. The summed E-state index contributed by atoms with van der Waals surface area (Å²) in [6, 6.07) is 0. The van der Waals surface area contributed by atoms with Gasteiger partial charge in [-0.25, -0.2) is 0 Å². The number of rotatable bonds is 5. The Morgan fingerprint density at radius 2 is 1.46 bits per heavy atom. The van der Waals surface area contributed by atoms with Crippen molar-refractivity contribution >= 4 is 0 Å². The maximum Gasteiger partial charge on any atom is -0.0238 e. The van der Waals surface area contributed by atoms with Crippen molar-refractivity contribution < 1.29 is 0 Å². The zero-order valence-corrected chi connectivity index (χ0v) is 20.2. The van der Waals surface area contributed by atoms with Crippen LogP contribution in [0.2, 0.25) is 0 Å². The molecule has 0 N–H and O–H groups in total. The summed E-state index contributed by atoms with van der Waals surface area (Å²) in [7, 11) is 0. The largest absolute Gasteiger partial charge is 0.0628 e. The van der Waals surface area contributed by atoms with Crippen molar-refractivity contribution in [2.45, 2.75) is 125 Å². The first-order valence-electron chi connectivity index (χ1n) is 13.2. The van der Waals surface area contributed by atoms with E-state index in [1.165, 1.54) is 64.2 Å². The summed E-state index contributed by atoms with van der Waals surface area (Å²) >= 11 is 0. The quantitative estimate of drug-likeness (QED) is 0.442. The lowest BCUT2D eigenvalue weighted by Crippen LogP contribution is -2.59. The molecule has 0 aromatic carbocycles. The molecule has 0 saturated heterocycles. The molecule has 4 fully saturated rings. The van der Waals surface area contributed by atoms with E-state index >= 15 is 0 Å². The van der Waals surface area contributed by atoms with E-state index in [0.717, 1.165) is 35.5 Å². The molecule has 0 heterocycles. The summed E-state index contributed by atoms with van der Waals surface area (Å²) in [6.07, 6.45) is 19.7. The monoisotopic (exact) mass is 386 g/mol. The van der Waals surface area contributed by atoms with Gasteiger partial charge < -0.3 is 0 Å². The fourth-order valence-electron chi connectivity index (χ4n) is 9.70. The first kappa shape index (κ1) is 21.2. The van der Waals surface area contributed by atoms with Gasteiger partial charge in [0, 0.05) is 0 Å². The molecule has 4 aliphatic carbocycles. The maximum atomic E-state index is 2.77. The van der Waals surface area contributed by atoms with E-state index < -0.39 is 0 Å². The van der Waals surface area contributed by atoms with Crippen LogP contribution in [0, 0.1) is 51.8 Å². The summed E-state index contributed by atoms with van der Waals surface area (Å²) < 4.78 is 0. The molecule has 0 aromatic heterocycles. The summed E-state index contributed by atoms with van der Waals surface area (Å²) in [5, 5.41) is 0. The maximum absolute atomic E-state index is 2.77. The Bertz CT molecular complexity index is 548. The van der Waals surface area contributed by atoms with Crippen LogP contribution in [0.4, 0.5) is 0 Å². The van der Waals surface area contributed by atoms with Crippen molar-refractivity contribution in [3.63, 3.8) is 0 Å². The second-order valence-electron chi connectivity index (χ2n) is 13.1. The van der Waals surface area contributed by atoms with Gasteiger partial charge >= 0.3 is 0 Å². The fraction of sp³-hybridized carbons (Fsp3) is 1.00. The van der Waals surface area contributed by atoms with Crippen LogP contribution in [0.15, 0.2) is 0 Å². The Hall–Kier alpha value is 0. The Balaban J connectivity index is 1.51. The normalized spacial score (nSPS) is 49.4. The van der Waals surface area contributed by atoms with Crippen LogP contribution >= 0.6 is 0 Å². The lowest BCUT2D eigenvalue weighted by molar-refractivity contribution is -0.176. The topological polar surface area (TPSA) is 0 Å². The highest BCUT2D eigenvalue weighted by molar-refractivity contribution is 5.14. The fourth-order valence-corrected chi connectivity index (χ4v) is 9.70. The molecule has 28 heavy (non-hydrogen) atoms. The number of hydrogen-bond donors (Lipinski definition) is 0. The van der Waals surface area contributed by atoms with Gasteiger partial charge in [0.15, 0.2) is 0 Å². The van der Waals surface area contributed by atoms with E-state index in [-0.39, 0.29) is 0 Å². The second kappa shape index (κ2) is 7.60. The SMILES string of the molecule is CC(C)CCC[C@@H](C)[C@H]1CC[C@H]2[C@@H]3CCC4CCCC[C@]4(C)[C@@]3(C)CC[C@]12C. The smallest absolute Gasteiger partial charge is 0.0238 e. The van der Waals surface area contributed by atoms with Crippen LogP contribution in [0.5, 0.6) is 0 Å². The minimum absolute atomic E-state index is 0.635. The first-order chi connectivity index (χ1) is 13.2. The van der Waals surface area contributed by atoms with Crippen molar-refractivity contribution in [2.75, 3.05) is 0 Å². The van der Waals surface area contributed by atoms with Crippen molar-refractivity contribution in [1.82, 2.24) is 0 Å². The van der Waals surface area contributed by atoms with Crippen molar-refractivity contribution in [3.8, 4) is 0 Å². The highest BCUT2D eigenvalue weighted by atomic mass is 14.7. The number of hydrogen-bond acceptors (Lipinski definition) is 0. The first-order valence-corrected chi connectivity index (χ1v) is 13.2. The van der Waals surface area contributed by atoms with Gasteiger partial charge in [-0.15, -0.1) is 0 Å². The van der Waals surface area contributed by atoms with Crippen LogP contribution in [0.3, 0.4) is 0 Å². The van der Waals surface area contributed by atoms with Gasteiger partial charge in [0.2, 0.25) is 0 Å². The van der Waals surface area contributed by atoms with E-state index in [0.29, 0.717) is 16.2 Å². The third kappa shape index (κ3) is 3.13. The van der Waals surface area contributed by atoms with Crippen LogP contribution < -0.4 is 0 Å². The Labute approximate surface area is 177 Å².